The van der Waals surface area contributed by atoms with Crippen LogP contribution in [-0.2, 0) is 6.54 Å². The van der Waals surface area contributed by atoms with E-state index in [1.165, 1.54) is 11.3 Å². The van der Waals surface area contributed by atoms with E-state index in [4.69, 9.17) is 4.74 Å². The first-order valence-electron chi connectivity index (χ1n) is 10.1. The van der Waals surface area contributed by atoms with Crippen molar-refractivity contribution < 1.29 is 9.53 Å². The van der Waals surface area contributed by atoms with Gasteiger partial charge in [0.25, 0.3) is 5.91 Å². The highest BCUT2D eigenvalue weighted by Crippen LogP contribution is 2.27. The molecule has 8 heteroatoms. The van der Waals surface area contributed by atoms with Crippen LogP contribution in [0.2, 0.25) is 0 Å². The second kappa shape index (κ2) is 9.24. The van der Waals surface area contributed by atoms with E-state index in [0.29, 0.717) is 5.69 Å². The molecule has 0 bridgehead atoms. The topological polar surface area (TPSA) is 58.6 Å². The molecule has 0 saturated carbocycles. The van der Waals surface area contributed by atoms with Crippen molar-refractivity contribution >= 4 is 28.6 Å². The van der Waals surface area contributed by atoms with Gasteiger partial charge in [0.1, 0.15) is 16.5 Å². The van der Waals surface area contributed by atoms with E-state index in [1.807, 2.05) is 55.3 Å². The summed E-state index contributed by atoms with van der Waals surface area (Å²) < 4.78 is 5.69. The lowest BCUT2D eigenvalue weighted by molar-refractivity contribution is 0.0622. The van der Waals surface area contributed by atoms with Gasteiger partial charge in [-0.1, -0.05) is 0 Å². The first-order chi connectivity index (χ1) is 14.5. The van der Waals surface area contributed by atoms with Crippen molar-refractivity contribution in [3.8, 4) is 16.3 Å². The van der Waals surface area contributed by atoms with Gasteiger partial charge in [-0.2, -0.15) is 0 Å². The summed E-state index contributed by atoms with van der Waals surface area (Å²) in [4.78, 5) is 26.3. The van der Waals surface area contributed by atoms with Gasteiger partial charge in [-0.3, -0.25) is 9.69 Å². The smallest absolute Gasteiger partial charge is 0.273 e. The van der Waals surface area contributed by atoms with E-state index in [-0.39, 0.29) is 12.0 Å². The minimum atomic E-state index is 0.0152. The normalized spacial score (nSPS) is 15.0. The maximum atomic E-state index is 12.9. The molecule has 0 aliphatic carbocycles. The number of ether oxygens (including phenoxy) is 1. The predicted octanol–water partition coefficient (Wildman–Crippen LogP) is 4.32. The quantitative estimate of drug-likeness (QED) is 0.569. The number of hydrogen-bond acceptors (Lipinski definition) is 7. The summed E-state index contributed by atoms with van der Waals surface area (Å²) in [6.07, 6.45) is 0.144. The lowest BCUT2D eigenvalue weighted by Gasteiger charge is -2.34. The highest BCUT2D eigenvalue weighted by molar-refractivity contribution is 7.13. The van der Waals surface area contributed by atoms with E-state index in [0.717, 1.165) is 59.7 Å². The molecule has 1 aromatic carbocycles. The van der Waals surface area contributed by atoms with Gasteiger partial charge in [0.15, 0.2) is 0 Å². The maximum absolute atomic E-state index is 12.9. The Morgan fingerprint density at radius 3 is 2.43 bits per heavy atom. The molecule has 3 aromatic rings. The van der Waals surface area contributed by atoms with Crippen LogP contribution in [-0.4, -0.2) is 58.0 Å². The average molecular weight is 443 g/mol. The fraction of sp³-hybridized carbons (Fsp3) is 0.409. The molecular weight excluding hydrogens is 416 g/mol. The third-order valence-corrected chi connectivity index (χ3v) is 6.62. The SMILES string of the molecule is Cc1nc(CN2CCN(C(=O)c3csc(-c4ccc(OC(C)C)cc4)n3)CC2)cs1. The van der Waals surface area contributed by atoms with E-state index >= 15 is 0 Å². The second-order valence-electron chi connectivity index (χ2n) is 7.66. The van der Waals surface area contributed by atoms with Gasteiger partial charge in [0.2, 0.25) is 0 Å². The van der Waals surface area contributed by atoms with Crippen molar-refractivity contribution in [3.05, 3.63) is 51.4 Å². The number of amides is 1. The molecular formula is C22H26N4O2S2. The van der Waals surface area contributed by atoms with Gasteiger partial charge in [-0.05, 0) is 45.0 Å². The lowest BCUT2D eigenvalue weighted by Crippen LogP contribution is -2.48. The van der Waals surface area contributed by atoms with Crippen molar-refractivity contribution in [2.75, 3.05) is 26.2 Å². The Morgan fingerprint density at radius 1 is 1.07 bits per heavy atom. The van der Waals surface area contributed by atoms with Crippen LogP contribution in [0.25, 0.3) is 10.6 Å². The van der Waals surface area contributed by atoms with Gasteiger partial charge in [-0.15, -0.1) is 22.7 Å². The Balaban J connectivity index is 1.34. The summed E-state index contributed by atoms with van der Waals surface area (Å²) in [5.74, 6) is 0.855. The van der Waals surface area contributed by atoms with Gasteiger partial charge in [0, 0.05) is 49.0 Å². The fourth-order valence-electron chi connectivity index (χ4n) is 3.43. The molecule has 1 amide bonds. The van der Waals surface area contributed by atoms with Crippen LogP contribution < -0.4 is 4.74 Å². The van der Waals surface area contributed by atoms with E-state index in [9.17, 15) is 4.79 Å². The van der Waals surface area contributed by atoms with Crippen LogP contribution in [0.5, 0.6) is 5.75 Å². The van der Waals surface area contributed by atoms with E-state index in [1.54, 1.807) is 11.3 Å². The first kappa shape index (κ1) is 21.0. The highest BCUT2D eigenvalue weighted by atomic mass is 32.1. The molecule has 0 unspecified atom stereocenters. The third-order valence-electron chi connectivity index (χ3n) is 4.91. The monoisotopic (exact) mass is 442 g/mol. The number of benzene rings is 1. The van der Waals surface area contributed by atoms with Crippen molar-refractivity contribution in [1.29, 1.82) is 0 Å². The molecule has 30 heavy (non-hydrogen) atoms. The summed E-state index contributed by atoms with van der Waals surface area (Å²) in [5.41, 5.74) is 2.64. The fourth-order valence-corrected chi connectivity index (χ4v) is 4.84. The Labute approximate surface area is 185 Å². The Morgan fingerprint density at radius 2 is 1.80 bits per heavy atom. The number of rotatable bonds is 6. The van der Waals surface area contributed by atoms with Crippen LogP contribution in [0, 0.1) is 6.92 Å². The van der Waals surface area contributed by atoms with E-state index < -0.39 is 0 Å². The Hall–Kier alpha value is -2.29. The molecule has 6 nitrogen and oxygen atoms in total. The molecule has 0 radical (unpaired) electrons. The molecule has 3 heterocycles. The van der Waals surface area contributed by atoms with Crippen molar-refractivity contribution in [1.82, 2.24) is 19.8 Å². The zero-order valence-corrected chi connectivity index (χ0v) is 19.1. The van der Waals surface area contributed by atoms with Gasteiger partial charge < -0.3 is 9.64 Å². The number of aryl methyl sites for hydroxylation is 1. The van der Waals surface area contributed by atoms with Gasteiger partial charge >= 0.3 is 0 Å². The molecule has 4 rings (SSSR count). The average Bonchev–Trinajstić information content (AvgIpc) is 3.38. The zero-order chi connectivity index (χ0) is 21.1. The van der Waals surface area contributed by atoms with Crippen molar-refractivity contribution in [2.45, 2.75) is 33.4 Å². The minimum Gasteiger partial charge on any atom is -0.491 e. The number of hydrogen-bond donors (Lipinski definition) is 0. The minimum absolute atomic E-state index is 0.0152. The number of piperazine rings is 1. The van der Waals surface area contributed by atoms with Gasteiger partial charge in [-0.25, -0.2) is 9.97 Å². The summed E-state index contributed by atoms with van der Waals surface area (Å²) in [6, 6.07) is 7.87. The molecule has 1 aliphatic heterocycles. The summed E-state index contributed by atoms with van der Waals surface area (Å²) in [7, 11) is 0. The summed E-state index contributed by atoms with van der Waals surface area (Å²) >= 11 is 3.19. The number of carbonyl (C=O) groups excluding carboxylic acids is 1. The lowest BCUT2D eigenvalue weighted by atomic mass is 10.2. The van der Waals surface area contributed by atoms with Crippen molar-refractivity contribution in [3.63, 3.8) is 0 Å². The summed E-state index contributed by atoms with van der Waals surface area (Å²) in [6.45, 7) is 10.0. The Kier molecular flexibility index (Phi) is 6.46. The summed E-state index contributed by atoms with van der Waals surface area (Å²) in [5, 5.41) is 5.93. The molecule has 158 valence electrons. The third kappa shape index (κ3) is 5.06. The number of aromatic nitrogens is 2. The second-order valence-corrected chi connectivity index (χ2v) is 9.58. The van der Waals surface area contributed by atoms with Crippen LogP contribution >= 0.6 is 22.7 Å². The number of carbonyl (C=O) groups is 1. The molecule has 0 atom stereocenters. The number of thiazole rings is 2. The van der Waals surface area contributed by atoms with E-state index in [2.05, 4.69) is 20.2 Å². The molecule has 2 aromatic heterocycles. The maximum Gasteiger partial charge on any atom is 0.273 e. The van der Waals surface area contributed by atoms with Crippen LogP contribution in [0.4, 0.5) is 0 Å². The molecule has 1 aliphatic rings. The standard InChI is InChI=1S/C22H26N4O2S2/c1-15(2)28-19-6-4-17(5-7-19)21-24-20(14-30-21)22(27)26-10-8-25(9-11-26)12-18-13-29-16(3)23-18/h4-7,13-15H,8-12H2,1-3H3. The first-order valence-corrected chi connectivity index (χ1v) is 11.9. The molecule has 1 saturated heterocycles. The van der Waals surface area contributed by atoms with Gasteiger partial charge in [0.05, 0.1) is 16.8 Å². The zero-order valence-electron chi connectivity index (χ0n) is 17.5. The highest BCUT2D eigenvalue weighted by Gasteiger charge is 2.24. The Bertz CT molecular complexity index is 989. The molecule has 0 N–H and O–H groups in total. The van der Waals surface area contributed by atoms with Crippen LogP contribution in [0.3, 0.4) is 0 Å². The predicted molar refractivity (Wildman–Crippen MR) is 121 cm³/mol. The van der Waals surface area contributed by atoms with Crippen LogP contribution in [0.1, 0.15) is 35.0 Å². The molecule has 0 spiro atoms. The number of nitrogens with zero attached hydrogens (tertiary/aromatic N) is 4. The largest absolute Gasteiger partial charge is 0.491 e. The van der Waals surface area contributed by atoms with Crippen LogP contribution in [0.15, 0.2) is 35.0 Å². The molecule has 1 fully saturated rings. The van der Waals surface area contributed by atoms with Crippen molar-refractivity contribution in [2.24, 2.45) is 0 Å².